The van der Waals surface area contributed by atoms with E-state index >= 15 is 0 Å². The van der Waals surface area contributed by atoms with Crippen LogP contribution >= 0.6 is 0 Å². The molecular weight excluding hydrogens is 600 g/mol. The number of fused-ring (bicyclic) bond motifs is 3. The van der Waals surface area contributed by atoms with Crippen LogP contribution in [-0.2, 0) is 26.0 Å². The molecule has 0 bridgehead atoms. The average molecular weight is 645 g/mol. The lowest BCUT2D eigenvalue weighted by molar-refractivity contribution is -0.132. The highest BCUT2D eigenvalue weighted by atomic mass is 32.2. The van der Waals surface area contributed by atoms with Gasteiger partial charge in [0.05, 0.1) is 38.3 Å². The number of carbonyl (C=O) groups excluding carboxylic acids is 2. The Bertz CT molecular complexity index is 1590. The summed E-state index contributed by atoms with van der Waals surface area (Å²) in [6.07, 6.45) is 1.92. The van der Waals surface area contributed by atoms with Crippen molar-refractivity contribution in [2.24, 2.45) is 0 Å². The van der Waals surface area contributed by atoms with Crippen molar-refractivity contribution in [2.45, 2.75) is 57.7 Å². The van der Waals surface area contributed by atoms with Gasteiger partial charge in [-0.3, -0.25) is 14.4 Å². The Kier molecular flexibility index (Phi) is 11.0. The first-order valence-corrected chi connectivity index (χ1v) is 16.7. The topological polar surface area (TPSA) is 144 Å². The number of benzene rings is 1. The molecule has 0 saturated carbocycles. The molecule has 2 N–H and O–H groups in total. The molecule has 0 radical (unpaired) electrons. The van der Waals surface area contributed by atoms with E-state index in [1.807, 2.05) is 12.1 Å². The van der Waals surface area contributed by atoms with Crippen LogP contribution < -0.4 is 30.3 Å². The largest absolute Gasteiger partial charge is 0.493 e. The van der Waals surface area contributed by atoms with E-state index in [1.165, 1.54) is 18.3 Å². The zero-order valence-electron chi connectivity index (χ0n) is 26.9. The van der Waals surface area contributed by atoms with Crippen molar-refractivity contribution in [2.75, 3.05) is 59.4 Å². The minimum atomic E-state index is -3.34. The van der Waals surface area contributed by atoms with Gasteiger partial charge in [0.1, 0.15) is 0 Å². The fourth-order valence-corrected chi connectivity index (χ4v) is 7.23. The maximum absolute atomic E-state index is 13.5. The quantitative estimate of drug-likeness (QED) is 0.353. The first kappa shape index (κ1) is 34.0. The van der Waals surface area contributed by atoms with Crippen LogP contribution in [-0.4, -0.2) is 88.7 Å². The summed E-state index contributed by atoms with van der Waals surface area (Å²) in [7, 11) is 1.31. The molecule has 2 aromatic carbocycles. The fourth-order valence-electron chi connectivity index (χ4n) is 5.96. The van der Waals surface area contributed by atoms with E-state index < -0.39 is 21.3 Å². The van der Waals surface area contributed by atoms with Crippen LogP contribution in [0.2, 0.25) is 0 Å². The molecule has 1 fully saturated rings. The molecule has 13 heteroatoms. The molecule has 0 spiro atoms. The lowest BCUT2D eigenvalue weighted by atomic mass is 9.95. The summed E-state index contributed by atoms with van der Waals surface area (Å²) in [4.78, 5) is 40.2. The third-order valence-corrected chi connectivity index (χ3v) is 10.6. The van der Waals surface area contributed by atoms with Gasteiger partial charge in [0.2, 0.25) is 33.0 Å². The number of methoxy groups -OCH3 is 3. The first-order chi connectivity index (χ1) is 21.4. The van der Waals surface area contributed by atoms with E-state index in [0.29, 0.717) is 80.5 Å². The second kappa shape index (κ2) is 14.5. The van der Waals surface area contributed by atoms with Gasteiger partial charge >= 0.3 is 0 Å². The summed E-state index contributed by atoms with van der Waals surface area (Å²) in [5.74, 6) is 1.19. The normalized spacial score (nSPS) is 16.7. The van der Waals surface area contributed by atoms with Crippen molar-refractivity contribution in [1.82, 2.24) is 14.5 Å². The number of hydrogen-bond acceptors (Lipinski definition) is 9. The van der Waals surface area contributed by atoms with E-state index in [1.54, 1.807) is 45.1 Å². The highest BCUT2D eigenvalue weighted by Gasteiger charge is 2.31. The Hall–Kier alpha value is -3.84. The number of rotatable bonds is 11. The molecule has 1 unspecified atom stereocenters. The second-order valence-corrected chi connectivity index (χ2v) is 14.0. The van der Waals surface area contributed by atoms with Crippen molar-refractivity contribution in [3.63, 3.8) is 0 Å². The third-order valence-electron chi connectivity index (χ3n) is 8.35. The van der Waals surface area contributed by atoms with Gasteiger partial charge < -0.3 is 29.7 Å². The van der Waals surface area contributed by atoms with E-state index in [2.05, 4.69) is 10.6 Å². The van der Waals surface area contributed by atoms with Gasteiger partial charge in [-0.05, 0) is 68.0 Å². The Morgan fingerprint density at radius 2 is 1.69 bits per heavy atom. The van der Waals surface area contributed by atoms with Gasteiger partial charge in [0, 0.05) is 51.6 Å². The Balaban J connectivity index is 1.53. The van der Waals surface area contributed by atoms with E-state index in [9.17, 15) is 22.8 Å². The van der Waals surface area contributed by atoms with Gasteiger partial charge in [-0.25, -0.2) is 8.42 Å². The molecule has 2 aromatic rings. The number of piperazine rings is 1. The monoisotopic (exact) mass is 644 g/mol. The van der Waals surface area contributed by atoms with Gasteiger partial charge in [-0.1, -0.05) is 6.07 Å². The standard InChI is InChI=1S/C32H44N4O8S/c1-20(2)45(40,41)36-16-14-35(15-17-36)29(39)8-7-13-33-26-12-10-23-24(19-27(26)38)25(34-21(3)37)11-9-22-18-28(42-4)31(43-5)32(44-6)30(22)23/h10,12,18-20,25H,7-9,11,13-17H2,1-6H3,(H,33,38)(H,34,37). The van der Waals surface area contributed by atoms with Gasteiger partial charge in [0.25, 0.3) is 0 Å². The molecule has 246 valence electrons. The molecule has 2 aliphatic rings. The average Bonchev–Trinajstić information content (AvgIpc) is 3.26. The number of amides is 2. The molecule has 1 aliphatic carbocycles. The summed E-state index contributed by atoms with van der Waals surface area (Å²) < 4.78 is 43.3. The molecule has 45 heavy (non-hydrogen) atoms. The number of aryl methyl sites for hydroxylation is 1. The second-order valence-electron chi connectivity index (χ2n) is 11.5. The Labute approximate surface area is 265 Å². The van der Waals surface area contributed by atoms with E-state index in [0.717, 1.165) is 16.7 Å². The summed E-state index contributed by atoms with van der Waals surface area (Å²) in [5.41, 5.74) is 3.23. The SMILES string of the molecule is COc1cc2c(c(OC)c1OC)-c1ccc(NCCCC(=O)N3CCN(S(=O)(=O)C(C)C)CC3)c(=O)cc1C(NC(C)=O)CC2. The predicted octanol–water partition coefficient (Wildman–Crippen LogP) is 2.94. The molecule has 2 amide bonds. The lowest BCUT2D eigenvalue weighted by Crippen LogP contribution is -2.51. The number of sulfonamides is 1. The van der Waals surface area contributed by atoms with Crippen LogP contribution in [0.25, 0.3) is 11.1 Å². The summed E-state index contributed by atoms with van der Waals surface area (Å²) in [5, 5.41) is 5.69. The number of hydrogen-bond donors (Lipinski definition) is 2. The van der Waals surface area contributed by atoms with Crippen LogP contribution in [0.15, 0.2) is 29.1 Å². The Morgan fingerprint density at radius 3 is 2.29 bits per heavy atom. The lowest BCUT2D eigenvalue weighted by Gasteiger charge is -2.35. The molecule has 0 aromatic heterocycles. The van der Waals surface area contributed by atoms with E-state index in [-0.39, 0.29) is 23.7 Å². The zero-order chi connectivity index (χ0) is 32.9. The molecule has 4 rings (SSSR count). The van der Waals surface area contributed by atoms with Crippen molar-refractivity contribution >= 4 is 27.5 Å². The van der Waals surface area contributed by atoms with Gasteiger partial charge in [-0.2, -0.15) is 4.31 Å². The smallest absolute Gasteiger partial charge is 0.222 e. The number of carbonyl (C=O) groups is 2. The molecular formula is C32H44N4O8S. The maximum Gasteiger partial charge on any atom is 0.222 e. The number of anilines is 1. The van der Waals surface area contributed by atoms with Gasteiger partial charge in [-0.15, -0.1) is 0 Å². The highest BCUT2D eigenvalue weighted by Crippen LogP contribution is 2.50. The first-order valence-electron chi connectivity index (χ1n) is 15.2. The Morgan fingerprint density at radius 1 is 1.00 bits per heavy atom. The number of nitrogens with zero attached hydrogens (tertiary/aromatic N) is 2. The summed E-state index contributed by atoms with van der Waals surface area (Å²) >= 11 is 0. The van der Waals surface area contributed by atoms with E-state index in [4.69, 9.17) is 14.2 Å². The summed E-state index contributed by atoms with van der Waals surface area (Å²) in [6, 6.07) is 6.61. The van der Waals surface area contributed by atoms with Crippen molar-refractivity contribution in [1.29, 1.82) is 0 Å². The molecule has 1 atom stereocenters. The number of ether oxygens (including phenoxy) is 3. The maximum atomic E-state index is 13.5. The molecule has 1 saturated heterocycles. The molecule has 12 nitrogen and oxygen atoms in total. The number of nitrogens with one attached hydrogen (secondary N) is 2. The van der Waals surface area contributed by atoms with Crippen LogP contribution in [0, 0.1) is 0 Å². The predicted molar refractivity (Wildman–Crippen MR) is 173 cm³/mol. The van der Waals surface area contributed by atoms with Crippen molar-refractivity contribution in [3.05, 3.63) is 45.6 Å². The highest BCUT2D eigenvalue weighted by molar-refractivity contribution is 7.89. The van der Waals surface area contributed by atoms with Crippen molar-refractivity contribution in [3.8, 4) is 28.4 Å². The minimum Gasteiger partial charge on any atom is -0.493 e. The molecule has 1 heterocycles. The fraction of sp³-hybridized carbons (Fsp3) is 0.531. The van der Waals surface area contributed by atoms with Crippen LogP contribution in [0.3, 0.4) is 0 Å². The van der Waals surface area contributed by atoms with Crippen LogP contribution in [0.4, 0.5) is 5.69 Å². The third kappa shape index (κ3) is 7.36. The van der Waals surface area contributed by atoms with Crippen LogP contribution in [0.5, 0.6) is 17.2 Å². The zero-order valence-corrected chi connectivity index (χ0v) is 27.7. The minimum absolute atomic E-state index is 0.0442. The van der Waals surface area contributed by atoms with Crippen molar-refractivity contribution < 1.29 is 32.2 Å². The van der Waals surface area contributed by atoms with Gasteiger partial charge in [0.15, 0.2) is 11.5 Å². The molecule has 1 aliphatic heterocycles. The summed E-state index contributed by atoms with van der Waals surface area (Å²) in [6.45, 7) is 6.46. The van der Waals surface area contributed by atoms with Crippen LogP contribution in [0.1, 0.15) is 57.2 Å².